The zero-order valence-corrected chi connectivity index (χ0v) is 14.3. The van der Waals surface area contributed by atoms with Crippen LogP contribution in [0.4, 0.5) is 0 Å². The van der Waals surface area contributed by atoms with Crippen LogP contribution in [0.5, 0.6) is 17.2 Å². The summed E-state index contributed by atoms with van der Waals surface area (Å²) in [5, 5.41) is 9.65. The number of ether oxygens (including phenoxy) is 3. The van der Waals surface area contributed by atoms with E-state index in [4.69, 9.17) is 14.2 Å². The van der Waals surface area contributed by atoms with E-state index in [-0.39, 0.29) is 0 Å². The largest absolute Gasteiger partial charge is 0.496 e. The number of rotatable bonds is 7. The molecule has 0 aliphatic heterocycles. The molecule has 2 aromatic rings. The molecule has 5 nitrogen and oxygen atoms in total. The highest BCUT2D eigenvalue weighted by Crippen LogP contribution is 2.31. The lowest BCUT2D eigenvalue weighted by atomic mass is 9.91. The SMILES string of the molecule is COc1ccc(C(Cc2ccc(OC)c(OC)c2)C(=O)O)cc1C. The number of hydrogen-bond donors (Lipinski definition) is 1. The second-order valence-corrected chi connectivity index (χ2v) is 5.51. The van der Waals surface area contributed by atoms with Crippen LogP contribution in [0.2, 0.25) is 0 Å². The highest BCUT2D eigenvalue weighted by Gasteiger charge is 2.22. The molecule has 24 heavy (non-hydrogen) atoms. The van der Waals surface area contributed by atoms with E-state index in [9.17, 15) is 9.90 Å². The molecule has 0 aliphatic carbocycles. The van der Waals surface area contributed by atoms with Gasteiger partial charge < -0.3 is 19.3 Å². The summed E-state index contributed by atoms with van der Waals surface area (Å²) in [7, 11) is 4.72. The van der Waals surface area contributed by atoms with E-state index in [1.165, 1.54) is 0 Å². The van der Waals surface area contributed by atoms with Crippen LogP contribution in [0.1, 0.15) is 22.6 Å². The maximum Gasteiger partial charge on any atom is 0.311 e. The van der Waals surface area contributed by atoms with Gasteiger partial charge in [-0.15, -0.1) is 0 Å². The fourth-order valence-electron chi connectivity index (χ4n) is 2.71. The highest BCUT2D eigenvalue weighted by atomic mass is 16.5. The minimum absolute atomic E-state index is 0.363. The molecule has 0 amide bonds. The van der Waals surface area contributed by atoms with E-state index in [2.05, 4.69) is 0 Å². The Kier molecular flexibility index (Phi) is 5.68. The van der Waals surface area contributed by atoms with Gasteiger partial charge >= 0.3 is 5.97 Å². The number of hydrogen-bond acceptors (Lipinski definition) is 4. The van der Waals surface area contributed by atoms with Crippen LogP contribution in [-0.2, 0) is 11.2 Å². The van der Waals surface area contributed by atoms with Crippen molar-refractivity contribution in [3.63, 3.8) is 0 Å². The topological polar surface area (TPSA) is 65.0 Å². The van der Waals surface area contributed by atoms with Gasteiger partial charge in [-0.05, 0) is 48.2 Å². The lowest BCUT2D eigenvalue weighted by molar-refractivity contribution is -0.138. The summed E-state index contributed by atoms with van der Waals surface area (Å²) >= 11 is 0. The Balaban J connectivity index is 2.32. The van der Waals surface area contributed by atoms with Gasteiger partial charge in [0.25, 0.3) is 0 Å². The molecule has 0 bridgehead atoms. The van der Waals surface area contributed by atoms with Gasteiger partial charge in [0.15, 0.2) is 11.5 Å². The summed E-state index contributed by atoms with van der Waals surface area (Å²) in [6, 6.07) is 10.9. The third-order valence-electron chi connectivity index (χ3n) is 4.01. The Bertz CT molecular complexity index is 724. The van der Waals surface area contributed by atoms with Gasteiger partial charge in [0.05, 0.1) is 27.2 Å². The molecule has 1 atom stereocenters. The molecule has 0 aromatic heterocycles. The summed E-state index contributed by atoms with van der Waals surface area (Å²) in [5.74, 6) is 0.439. The van der Waals surface area contributed by atoms with Crippen LogP contribution in [-0.4, -0.2) is 32.4 Å². The molecule has 0 heterocycles. The minimum Gasteiger partial charge on any atom is -0.496 e. The number of carboxylic acids is 1. The van der Waals surface area contributed by atoms with Gasteiger partial charge in [-0.25, -0.2) is 0 Å². The average molecular weight is 330 g/mol. The predicted octanol–water partition coefficient (Wildman–Crippen LogP) is 3.43. The van der Waals surface area contributed by atoms with E-state index >= 15 is 0 Å². The van der Waals surface area contributed by atoms with Crippen LogP contribution in [0.3, 0.4) is 0 Å². The Morgan fingerprint density at radius 1 is 0.958 bits per heavy atom. The number of benzene rings is 2. The van der Waals surface area contributed by atoms with E-state index in [0.29, 0.717) is 17.9 Å². The van der Waals surface area contributed by atoms with Crippen molar-refractivity contribution in [2.75, 3.05) is 21.3 Å². The molecule has 1 unspecified atom stereocenters. The number of carboxylic acid groups (broad SMARTS) is 1. The summed E-state index contributed by atoms with van der Waals surface area (Å²) in [6.07, 6.45) is 0.363. The molecular weight excluding hydrogens is 308 g/mol. The minimum atomic E-state index is -0.866. The van der Waals surface area contributed by atoms with Gasteiger partial charge in [-0.1, -0.05) is 18.2 Å². The maximum atomic E-state index is 11.8. The zero-order chi connectivity index (χ0) is 17.7. The van der Waals surface area contributed by atoms with Gasteiger partial charge in [-0.2, -0.15) is 0 Å². The molecule has 1 N–H and O–H groups in total. The average Bonchev–Trinajstić information content (AvgIpc) is 2.59. The normalized spacial score (nSPS) is 11.7. The van der Waals surface area contributed by atoms with Gasteiger partial charge in [0, 0.05) is 0 Å². The van der Waals surface area contributed by atoms with Crippen molar-refractivity contribution < 1.29 is 24.1 Å². The molecule has 2 rings (SSSR count). The molecule has 0 saturated heterocycles. The number of methoxy groups -OCH3 is 3. The molecular formula is C19H22O5. The van der Waals surface area contributed by atoms with E-state index in [1.807, 2.05) is 25.1 Å². The Hall–Kier alpha value is -2.69. The zero-order valence-electron chi connectivity index (χ0n) is 14.3. The van der Waals surface area contributed by atoms with Gasteiger partial charge in [0.1, 0.15) is 5.75 Å². The van der Waals surface area contributed by atoms with Crippen LogP contribution < -0.4 is 14.2 Å². The van der Waals surface area contributed by atoms with Gasteiger partial charge in [0.2, 0.25) is 0 Å². The van der Waals surface area contributed by atoms with E-state index in [0.717, 1.165) is 22.4 Å². The second kappa shape index (κ2) is 7.73. The first kappa shape index (κ1) is 17.7. The summed E-state index contributed by atoms with van der Waals surface area (Å²) in [6.45, 7) is 1.90. The standard InChI is InChI=1S/C19H22O5/c1-12-9-14(6-8-16(12)22-2)15(19(20)21)10-13-5-7-17(23-3)18(11-13)24-4/h5-9,11,15H,10H2,1-4H3,(H,20,21). The van der Waals surface area contributed by atoms with Crippen molar-refractivity contribution in [3.8, 4) is 17.2 Å². The first-order valence-corrected chi connectivity index (χ1v) is 7.58. The quantitative estimate of drug-likeness (QED) is 0.842. The molecule has 5 heteroatoms. The monoisotopic (exact) mass is 330 g/mol. The summed E-state index contributed by atoms with van der Waals surface area (Å²) in [5.41, 5.74) is 2.53. The summed E-state index contributed by atoms with van der Waals surface area (Å²) in [4.78, 5) is 11.8. The van der Waals surface area contributed by atoms with Crippen LogP contribution in [0.15, 0.2) is 36.4 Å². The second-order valence-electron chi connectivity index (χ2n) is 5.51. The molecule has 0 radical (unpaired) electrons. The van der Waals surface area contributed by atoms with Crippen LogP contribution in [0.25, 0.3) is 0 Å². The number of aryl methyl sites for hydroxylation is 1. The Morgan fingerprint density at radius 2 is 1.58 bits per heavy atom. The highest BCUT2D eigenvalue weighted by molar-refractivity contribution is 5.76. The molecule has 128 valence electrons. The lowest BCUT2D eigenvalue weighted by Crippen LogP contribution is -2.15. The van der Waals surface area contributed by atoms with Crippen molar-refractivity contribution >= 4 is 5.97 Å². The van der Waals surface area contributed by atoms with Crippen molar-refractivity contribution in [2.45, 2.75) is 19.3 Å². The van der Waals surface area contributed by atoms with Crippen molar-refractivity contribution in [1.29, 1.82) is 0 Å². The fourth-order valence-corrected chi connectivity index (χ4v) is 2.71. The fraction of sp³-hybridized carbons (Fsp3) is 0.316. The molecule has 2 aromatic carbocycles. The molecule has 0 saturated carbocycles. The van der Waals surface area contributed by atoms with Gasteiger partial charge in [-0.3, -0.25) is 4.79 Å². The molecule has 0 spiro atoms. The Morgan fingerprint density at radius 3 is 2.12 bits per heavy atom. The third-order valence-corrected chi connectivity index (χ3v) is 4.01. The smallest absolute Gasteiger partial charge is 0.311 e. The predicted molar refractivity (Wildman–Crippen MR) is 91.4 cm³/mol. The van der Waals surface area contributed by atoms with E-state index in [1.54, 1.807) is 39.5 Å². The first-order chi connectivity index (χ1) is 11.5. The third kappa shape index (κ3) is 3.79. The van der Waals surface area contributed by atoms with Crippen LogP contribution in [0, 0.1) is 6.92 Å². The van der Waals surface area contributed by atoms with Crippen molar-refractivity contribution in [3.05, 3.63) is 53.1 Å². The van der Waals surface area contributed by atoms with Crippen molar-refractivity contribution in [2.24, 2.45) is 0 Å². The first-order valence-electron chi connectivity index (χ1n) is 7.58. The molecule has 0 fully saturated rings. The maximum absolute atomic E-state index is 11.8. The number of aliphatic carboxylic acids is 1. The number of carbonyl (C=O) groups is 1. The lowest BCUT2D eigenvalue weighted by Gasteiger charge is -2.16. The van der Waals surface area contributed by atoms with Crippen molar-refractivity contribution in [1.82, 2.24) is 0 Å². The summed E-state index contributed by atoms with van der Waals surface area (Å²) < 4.78 is 15.7. The Labute approximate surface area is 141 Å². The molecule has 0 aliphatic rings. The van der Waals surface area contributed by atoms with E-state index < -0.39 is 11.9 Å². The van der Waals surface area contributed by atoms with Crippen LogP contribution >= 0.6 is 0 Å².